The van der Waals surface area contributed by atoms with E-state index in [0.29, 0.717) is 22.2 Å². The highest BCUT2D eigenvalue weighted by atomic mass is 35.5. The number of benzene rings is 1. The van der Waals surface area contributed by atoms with Gasteiger partial charge in [0.25, 0.3) is 5.91 Å². The minimum atomic E-state index is -1.03. The number of halogens is 1. The summed E-state index contributed by atoms with van der Waals surface area (Å²) in [5.74, 6) is -1.15. The molecule has 1 fully saturated rings. The Balaban J connectivity index is 1.90. The van der Waals surface area contributed by atoms with Gasteiger partial charge in [-0.25, -0.2) is 4.79 Å². The second-order valence-corrected chi connectivity index (χ2v) is 5.84. The molecule has 1 saturated heterocycles. The van der Waals surface area contributed by atoms with Gasteiger partial charge in [-0.2, -0.15) is 0 Å². The van der Waals surface area contributed by atoms with Crippen LogP contribution in [0.1, 0.15) is 10.4 Å². The van der Waals surface area contributed by atoms with Crippen LogP contribution in [-0.4, -0.2) is 52.0 Å². The predicted octanol–water partition coefficient (Wildman–Crippen LogP) is 1.06. The zero-order chi connectivity index (χ0) is 15.4. The number of amides is 2. The lowest BCUT2D eigenvalue weighted by atomic mass is 10.2. The smallest absolute Gasteiger partial charge is 0.327 e. The molecule has 1 atom stereocenters. The van der Waals surface area contributed by atoms with Crippen molar-refractivity contribution in [2.45, 2.75) is 6.04 Å². The van der Waals surface area contributed by atoms with Gasteiger partial charge >= 0.3 is 5.97 Å². The Morgan fingerprint density at radius 2 is 2.00 bits per heavy atom. The van der Waals surface area contributed by atoms with Crippen molar-refractivity contribution >= 4 is 41.1 Å². The molecule has 2 N–H and O–H groups in total. The van der Waals surface area contributed by atoms with E-state index >= 15 is 0 Å². The number of nitrogens with one attached hydrogen (secondary N) is 1. The Hall–Kier alpha value is -1.73. The summed E-state index contributed by atoms with van der Waals surface area (Å²) in [7, 11) is 0. The number of hydrogen-bond donors (Lipinski definition) is 2. The van der Waals surface area contributed by atoms with Crippen molar-refractivity contribution in [2.24, 2.45) is 0 Å². The van der Waals surface area contributed by atoms with Gasteiger partial charge in [-0.1, -0.05) is 11.6 Å². The van der Waals surface area contributed by atoms with Gasteiger partial charge in [0.2, 0.25) is 5.91 Å². The number of carbonyl (C=O) groups is 3. The van der Waals surface area contributed by atoms with Crippen LogP contribution < -0.4 is 5.32 Å². The standard InChI is InChI=1S/C13H13ClN2O4S/c14-9-3-1-8(2-4-9)12(18)15-5-11(17)16-7-21-6-10(16)13(19)20/h1-4,10H,5-7H2,(H,15,18)(H,19,20)/t10-/m0/s1. The summed E-state index contributed by atoms with van der Waals surface area (Å²) >= 11 is 7.10. The third-order valence-electron chi connectivity index (χ3n) is 2.99. The van der Waals surface area contributed by atoms with Gasteiger partial charge in [0.1, 0.15) is 6.04 Å². The van der Waals surface area contributed by atoms with Crippen LogP contribution in [-0.2, 0) is 9.59 Å². The Labute approximate surface area is 130 Å². The molecule has 0 unspecified atom stereocenters. The SMILES string of the molecule is O=C(NCC(=O)N1CSC[C@H]1C(=O)O)c1ccc(Cl)cc1. The van der Waals surface area contributed by atoms with Crippen molar-refractivity contribution in [3.05, 3.63) is 34.9 Å². The molecule has 2 rings (SSSR count). The molecule has 0 spiro atoms. The molecule has 21 heavy (non-hydrogen) atoms. The number of carbonyl (C=O) groups excluding carboxylic acids is 2. The number of carboxylic acids is 1. The molecule has 8 heteroatoms. The minimum absolute atomic E-state index is 0.230. The lowest BCUT2D eigenvalue weighted by molar-refractivity contribution is -0.147. The van der Waals surface area contributed by atoms with Crippen molar-refractivity contribution in [3.63, 3.8) is 0 Å². The molecule has 0 bridgehead atoms. The van der Waals surface area contributed by atoms with E-state index in [2.05, 4.69) is 5.32 Å². The maximum Gasteiger partial charge on any atom is 0.327 e. The first-order valence-electron chi connectivity index (χ1n) is 6.13. The van der Waals surface area contributed by atoms with Crippen LogP contribution in [0.15, 0.2) is 24.3 Å². The average Bonchev–Trinajstić information content (AvgIpc) is 2.95. The largest absolute Gasteiger partial charge is 0.480 e. The molecule has 1 aromatic rings. The Morgan fingerprint density at radius 3 is 2.62 bits per heavy atom. The summed E-state index contributed by atoms with van der Waals surface area (Å²) in [6.07, 6.45) is 0. The van der Waals surface area contributed by atoms with Gasteiger partial charge in [0.15, 0.2) is 0 Å². The minimum Gasteiger partial charge on any atom is -0.480 e. The molecule has 1 aliphatic rings. The average molecular weight is 329 g/mol. The van der Waals surface area contributed by atoms with Crippen LogP contribution in [0.3, 0.4) is 0 Å². The lowest BCUT2D eigenvalue weighted by Crippen LogP contribution is -2.46. The van der Waals surface area contributed by atoms with Crippen molar-refractivity contribution < 1.29 is 19.5 Å². The van der Waals surface area contributed by atoms with Crippen molar-refractivity contribution in [3.8, 4) is 0 Å². The molecule has 0 aliphatic carbocycles. The monoisotopic (exact) mass is 328 g/mol. The van der Waals surface area contributed by atoms with E-state index in [1.165, 1.54) is 16.7 Å². The van der Waals surface area contributed by atoms with E-state index in [-0.39, 0.29) is 6.54 Å². The summed E-state index contributed by atoms with van der Waals surface area (Å²) in [6.45, 7) is -0.230. The van der Waals surface area contributed by atoms with Crippen molar-refractivity contribution in [2.75, 3.05) is 18.2 Å². The third kappa shape index (κ3) is 3.89. The maximum atomic E-state index is 12.0. The fourth-order valence-electron chi connectivity index (χ4n) is 1.85. The highest BCUT2D eigenvalue weighted by Crippen LogP contribution is 2.20. The van der Waals surface area contributed by atoms with E-state index in [4.69, 9.17) is 16.7 Å². The van der Waals surface area contributed by atoms with Crippen LogP contribution in [0.5, 0.6) is 0 Å². The zero-order valence-electron chi connectivity index (χ0n) is 10.9. The van der Waals surface area contributed by atoms with Crippen LogP contribution in [0, 0.1) is 0 Å². The topological polar surface area (TPSA) is 86.7 Å². The maximum absolute atomic E-state index is 12.0. The third-order valence-corrected chi connectivity index (χ3v) is 4.26. The molecule has 0 radical (unpaired) electrons. The normalized spacial score (nSPS) is 17.6. The van der Waals surface area contributed by atoms with Crippen molar-refractivity contribution in [1.29, 1.82) is 0 Å². The van der Waals surface area contributed by atoms with Gasteiger partial charge in [-0.15, -0.1) is 11.8 Å². The van der Waals surface area contributed by atoms with Gasteiger partial charge in [-0.05, 0) is 24.3 Å². The van der Waals surface area contributed by atoms with Gasteiger partial charge in [-0.3, -0.25) is 9.59 Å². The fraction of sp³-hybridized carbons (Fsp3) is 0.308. The molecule has 2 amide bonds. The van der Waals surface area contributed by atoms with Gasteiger partial charge in [0, 0.05) is 16.3 Å². The molecule has 1 aromatic carbocycles. The lowest BCUT2D eigenvalue weighted by Gasteiger charge is -2.20. The first-order chi connectivity index (χ1) is 9.99. The molecular formula is C13H13ClN2O4S. The second kappa shape index (κ2) is 6.82. The highest BCUT2D eigenvalue weighted by Gasteiger charge is 2.34. The molecule has 1 aliphatic heterocycles. The van der Waals surface area contributed by atoms with E-state index in [1.807, 2.05) is 0 Å². The second-order valence-electron chi connectivity index (χ2n) is 4.41. The number of carboxylic acid groups (broad SMARTS) is 1. The summed E-state index contributed by atoms with van der Waals surface area (Å²) in [5, 5.41) is 12.0. The Bertz CT molecular complexity index is 564. The molecule has 1 heterocycles. The Morgan fingerprint density at radius 1 is 1.33 bits per heavy atom. The molecule has 112 valence electrons. The van der Waals surface area contributed by atoms with E-state index in [0.717, 1.165) is 0 Å². The van der Waals surface area contributed by atoms with E-state index in [1.54, 1.807) is 24.3 Å². The number of hydrogen-bond acceptors (Lipinski definition) is 4. The highest BCUT2D eigenvalue weighted by molar-refractivity contribution is 7.99. The van der Waals surface area contributed by atoms with Crippen LogP contribution in [0.2, 0.25) is 5.02 Å². The predicted molar refractivity (Wildman–Crippen MR) is 79.4 cm³/mol. The molecule has 0 aromatic heterocycles. The molecule has 0 saturated carbocycles. The number of nitrogens with zero attached hydrogens (tertiary/aromatic N) is 1. The Kier molecular flexibility index (Phi) is 5.08. The van der Waals surface area contributed by atoms with Crippen LogP contribution >= 0.6 is 23.4 Å². The first kappa shape index (κ1) is 15.7. The van der Waals surface area contributed by atoms with Crippen LogP contribution in [0.4, 0.5) is 0 Å². The van der Waals surface area contributed by atoms with Gasteiger partial charge < -0.3 is 15.3 Å². The van der Waals surface area contributed by atoms with E-state index in [9.17, 15) is 14.4 Å². The number of rotatable bonds is 4. The summed E-state index contributed by atoms with van der Waals surface area (Å²) < 4.78 is 0. The molecule has 6 nitrogen and oxygen atoms in total. The number of aliphatic carboxylic acids is 1. The summed E-state index contributed by atoms with van der Waals surface area (Å²) in [4.78, 5) is 36.1. The first-order valence-corrected chi connectivity index (χ1v) is 7.66. The fourth-order valence-corrected chi connectivity index (χ4v) is 3.15. The van der Waals surface area contributed by atoms with E-state index < -0.39 is 23.8 Å². The van der Waals surface area contributed by atoms with Gasteiger partial charge in [0.05, 0.1) is 12.4 Å². The zero-order valence-corrected chi connectivity index (χ0v) is 12.5. The summed E-state index contributed by atoms with van der Waals surface area (Å²) in [5.41, 5.74) is 0.387. The van der Waals surface area contributed by atoms with Crippen molar-refractivity contribution in [1.82, 2.24) is 10.2 Å². The quantitative estimate of drug-likeness (QED) is 0.863. The molecular weight excluding hydrogens is 316 g/mol. The summed E-state index contributed by atoms with van der Waals surface area (Å²) in [6, 6.07) is 5.43. The van der Waals surface area contributed by atoms with Crippen LogP contribution in [0.25, 0.3) is 0 Å². The number of thioether (sulfide) groups is 1.